The molecule has 16 heteroatoms. The lowest BCUT2D eigenvalue weighted by molar-refractivity contribution is -0.449. The van der Waals surface area contributed by atoms with E-state index in [1.54, 1.807) is 59.7 Å². The van der Waals surface area contributed by atoms with E-state index in [1.807, 2.05) is 0 Å². The summed E-state index contributed by atoms with van der Waals surface area (Å²) in [6, 6.07) is 3.97. The van der Waals surface area contributed by atoms with Crippen LogP contribution in [0.3, 0.4) is 0 Å². The third-order valence-corrected chi connectivity index (χ3v) is 11.0. The van der Waals surface area contributed by atoms with E-state index in [2.05, 4.69) is 26.9 Å². The Morgan fingerprint density at radius 3 is 2.37 bits per heavy atom. The number of hydrogen-bond acceptors (Lipinski definition) is 10. The first-order valence-electron chi connectivity index (χ1n) is 16.7. The molecule has 0 bridgehead atoms. The maximum absolute atomic E-state index is 14.4. The number of methoxy groups -OCH3 is 1. The molecule has 4 unspecified atom stereocenters. The Bertz CT molecular complexity index is 1930. The Morgan fingerprint density at radius 2 is 1.80 bits per heavy atom. The lowest BCUT2D eigenvalue weighted by atomic mass is 9.86. The molecule has 3 aliphatic rings. The number of carbonyl (C=O) groups excluding carboxylic acids is 4. The van der Waals surface area contributed by atoms with Gasteiger partial charge in [0.05, 0.1) is 25.0 Å². The number of hydrogen-bond donors (Lipinski definition) is 3. The third kappa shape index (κ3) is 8.30. The van der Waals surface area contributed by atoms with E-state index in [9.17, 15) is 27.6 Å². The van der Waals surface area contributed by atoms with E-state index in [0.29, 0.717) is 34.4 Å². The Labute approximate surface area is 302 Å². The van der Waals surface area contributed by atoms with Crippen molar-refractivity contribution < 1.29 is 46.4 Å². The fourth-order valence-corrected chi connectivity index (χ4v) is 7.56. The number of carbonyl (C=O) groups is 4. The molecular formula is C35H45ClN5O9S+. The van der Waals surface area contributed by atoms with Crippen molar-refractivity contribution in [1.82, 2.24) is 20.3 Å². The van der Waals surface area contributed by atoms with Gasteiger partial charge in [-0.15, -0.1) is 6.58 Å². The predicted molar refractivity (Wildman–Crippen MR) is 189 cm³/mol. The molecule has 2 saturated carbocycles. The Kier molecular flexibility index (Phi) is 10.2. The third-order valence-electron chi connectivity index (χ3n) is 8.95. The number of alkyl carbamates (subject to hydrolysis) is 1. The summed E-state index contributed by atoms with van der Waals surface area (Å²) in [6.07, 6.45) is 2.23. The molecule has 0 spiro atoms. The standard InChI is InChI=1S/C35H44ClN5O9S/c1-9-19-16-35(19,31(44)40-51(46,47)22-11-12-22)39-28(42)25-15-21(49-29-24-14-20(36)10-13-23(24)26(48-8)17-37-29)18-41(25)30(43)27(33(2,3)4)38-32(45)50-34(5,6)7/h9-10,13-14,17,19,21-22,27H,1,11-12,15-16,18H2,2-8H3,(H2-,38,39,40,42,44,45)/p+1. The highest BCUT2D eigenvalue weighted by Crippen LogP contribution is 2.45. The zero-order valence-corrected chi connectivity index (χ0v) is 31.4. The van der Waals surface area contributed by atoms with Crippen molar-refractivity contribution in [3.8, 4) is 11.6 Å². The number of aromatic nitrogens is 1. The summed E-state index contributed by atoms with van der Waals surface area (Å²) >= 11 is 6.31. The number of rotatable bonds is 11. The summed E-state index contributed by atoms with van der Waals surface area (Å²) in [5.41, 5.74) is -3.33. The Morgan fingerprint density at radius 1 is 1.12 bits per heavy atom. The van der Waals surface area contributed by atoms with Gasteiger partial charge in [0.2, 0.25) is 15.9 Å². The summed E-state index contributed by atoms with van der Waals surface area (Å²) in [5, 5.41) is 6.38. The van der Waals surface area contributed by atoms with Crippen LogP contribution in [0, 0.1) is 11.3 Å². The summed E-state index contributed by atoms with van der Waals surface area (Å²) in [5.74, 6) is -2.16. The molecular weight excluding hydrogens is 702 g/mol. The molecule has 1 aliphatic heterocycles. The molecule has 2 fully saturated rings. The van der Waals surface area contributed by atoms with Crippen LogP contribution in [-0.2, 0) is 29.1 Å². The maximum atomic E-state index is 14.4. The number of amides is 4. The minimum Gasteiger partial charge on any atom is -0.494 e. The lowest BCUT2D eigenvalue weighted by Gasteiger charge is -2.29. The topological polar surface area (TPSA) is 182 Å². The van der Waals surface area contributed by atoms with Crippen molar-refractivity contribution in [2.75, 3.05) is 13.7 Å². The van der Waals surface area contributed by atoms with E-state index in [0.717, 1.165) is 0 Å². The second-order valence-corrected chi connectivity index (χ2v) is 17.7. The van der Waals surface area contributed by atoms with Crippen molar-refractivity contribution >= 4 is 61.9 Å². The van der Waals surface area contributed by atoms with Crippen molar-refractivity contribution in [2.24, 2.45) is 11.3 Å². The highest BCUT2D eigenvalue weighted by molar-refractivity contribution is 7.91. The lowest BCUT2D eigenvalue weighted by Crippen LogP contribution is -2.56. The first-order chi connectivity index (χ1) is 23.7. The molecule has 5 rings (SSSR count). The van der Waals surface area contributed by atoms with E-state index in [4.69, 9.17) is 25.8 Å². The Balaban J connectivity index is 1.49. The van der Waals surface area contributed by atoms with Gasteiger partial charge in [-0.2, -0.15) is 4.58 Å². The van der Waals surface area contributed by atoms with Crippen LogP contribution in [-0.4, -0.2) is 89.7 Å². The minimum atomic E-state index is -3.92. The van der Waals surface area contributed by atoms with Crippen LogP contribution in [0.15, 0.2) is 37.1 Å². The van der Waals surface area contributed by atoms with Gasteiger partial charge in [-0.25, -0.2) is 23.0 Å². The number of halogens is 1. The molecule has 4 atom stereocenters. The average molecular weight is 747 g/mol. The van der Waals surface area contributed by atoms with Gasteiger partial charge in [-0.05, 0) is 63.6 Å². The van der Waals surface area contributed by atoms with Gasteiger partial charge in [-0.3, -0.25) is 14.3 Å². The van der Waals surface area contributed by atoms with Gasteiger partial charge < -0.3 is 24.8 Å². The first kappa shape index (κ1) is 38.0. The van der Waals surface area contributed by atoms with Crippen LogP contribution in [0.1, 0.15) is 67.2 Å². The second-order valence-electron chi connectivity index (χ2n) is 15.3. The number of ether oxygens (including phenoxy) is 3. The summed E-state index contributed by atoms with van der Waals surface area (Å²) in [7, 11) is -2.41. The average Bonchev–Trinajstić information content (AvgIpc) is 3.95. The van der Waals surface area contributed by atoms with Crippen LogP contribution < -0.4 is 24.8 Å². The summed E-state index contributed by atoms with van der Waals surface area (Å²) in [6.45, 7) is 14.0. The van der Waals surface area contributed by atoms with Crippen LogP contribution >= 0.6 is 11.6 Å². The number of sulfonamides is 1. The molecule has 2 heterocycles. The molecule has 14 nitrogen and oxygen atoms in total. The number of fused-ring (bicyclic) bond motifs is 1. The second kappa shape index (κ2) is 13.7. The number of benzene rings is 1. The van der Waals surface area contributed by atoms with Crippen LogP contribution in [0.2, 0.25) is 5.02 Å². The van der Waals surface area contributed by atoms with Crippen LogP contribution in [0.4, 0.5) is 4.79 Å². The van der Waals surface area contributed by atoms with Gasteiger partial charge >= 0.3 is 17.9 Å². The molecule has 1 aromatic carbocycles. The van der Waals surface area contributed by atoms with Crippen LogP contribution in [0.5, 0.6) is 11.6 Å². The Hall–Kier alpha value is -4.24. The molecule has 4 amide bonds. The minimum absolute atomic E-state index is 0.0481. The normalized spacial score (nSPS) is 22.5. The number of pyridine rings is 1. The van der Waals surface area contributed by atoms with Gasteiger partial charge in [-0.1, -0.05) is 38.4 Å². The highest BCUT2D eigenvalue weighted by atomic mass is 35.5. The van der Waals surface area contributed by atoms with Crippen molar-refractivity contribution in [3.05, 3.63) is 42.1 Å². The smallest absolute Gasteiger partial charge is 0.410 e. The molecule has 0 radical (unpaired) electrons. The zero-order chi connectivity index (χ0) is 37.7. The highest BCUT2D eigenvalue weighted by Gasteiger charge is 2.62. The zero-order valence-electron chi connectivity index (χ0n) is 29.8. The van der Waals surface area contributed by atoms with Gasteiger partial charge in [0.15, 0.2) is 18.7 Å². The van der Waals surface area contributed by atoms with Gasteiger partial charge in [0, 0.05) is 21.7 Å². The van der Waals surface area contributed by atoms with E-state index in [-0.39, 0.29) is 31.0 Å². The largest absolute Gasteiger partial charge is 0.494 e. The van der Waals surface area contributed by atoms with Gasteiger partial charge in [0.1, 0.15) is 16.9 Å². The van der Waals surface area contributed by atoms with E-state index < -0.39 is 73.7 Å². The fraction of sp³-hybridized carbons (Fsp3) is 0.543. The summed E-state index contributed by atoms with van der Waals surface area (Å²) < 4.78 is 45.9. The monoisotopic (exact) mass is 746 g/mol. The fourth-order valence-electron chi connectivity index (χ4n) is 6.02. The molecule has 276 valence electrons. The molecule has 0 saturated heterocycles. The maximum Gasteiger partial charge on any atom is 0.410 e. The molecule has 3 N–H and O–H groups in total. The molecule has 1 aromatic heterocycles. The molecule has 2 aromatic rings. The first-order valence-corrected chi connectivity index (χ1v) is 18.6. The van der Waals surface area contributed by atoms with Gasteiger partial charge in [0.25, 0.3) is 11.6 Å². The van der Waals surface area contributed by atoms with Crippen molar-refractivity contribution in [3.63, 3.8) is 0 Å². The predicted octanol–water partition coefficient (Wildman–Crippen LogP) is 3.64. The molecule has 2 aliphatic carbocycles. The quantitative estimate of drug-likeness (QED) is 0.227. The summed E-state index contributed by atoms with van der Waals surface area (Å²) in [4.78, 5) is 59.4. The van der Waals surface area contributed by atoms with Crippen molar-refractivity contribution in [2.45, 2.75) is 95.8 Å². The number of nitrogens with one attached hydrogen (secondary N) is 3. The number of nitrogens with zero attached hydrogens (tertiary/aromatic N) is 2. The van der Waals surface area contributed by atoms with Crippen LogP contribution in [0.25, 0.3) is 10.8 Å². The van der Waals surface area contributed by atoms with E-state index >= 15 is 0 Å². The van der Waals surface area contributed by atoms with Crippen molar-refractivity contribution in [1.29, 1.82) is 0 Å². The molecule has 51 heavy (non-hydrogen) atoms. The SMILES string of the molecule is C=CC1CC1(NC(=O)C1=[N+](C(=O)C(NC(=O)OC(C)(C)C)C(C)(C)C)CC(Oc2ncc(OC)c3ccc(Cl)cc23)C1)C(=O)NS(=O)(=O)C1CC1. The van der Waals surface area contributed by atoms with E-state index in [1.165, 1.54) is 24.0 Å².